The van der Waals surface area contributed by atoms with Crippen molar-refractivity contribution in [2.75, 3.05) is 14.1 Å². The Balaban J connectivity index is 2.36. The number of Topliss-reactive ketones (excluding diaryl/α,β-unsaturated/α-hetero) is 1. The standard InChI is InChI=1S/C14H20BrNO2/c1-10-5-4-7-14(9-10,16(2)3)13(17)12-11(15)6-8-18-12/h6,8,10H,4-5,7,9H2,1-3H3. The molecule has 0 aromatic carbocycles. The highest BCUT2D eigenvalue weighted by atomic mass is 79.9. The first-order valence-electron chi connectivity index (χ1n) is 6.42. The van der Waals surface area contributed by atoms with Crippen molar-refractivity contribution in [2.24, 2.45) is 5.92 Å². The van der Waals surface area contributed by atoms with Crippen LogP contribution in [-0.2, 0) is 0 Å². The van der Waals surface area contributed by atoms with E-state index in [1.165, 1.54) is 6.42 Å². The van der Waals surface area contributed by atoms with Crippen molar-refractivity contribution in [3.8, 4) is 0 Å². The van der Waals surface area contributed by atoms with Crippen molar-refractivity contribution in [1.82, 2.24) is 4.90 Å². The quantitative estimate of drug-likeness (QED) is 0.797. The largest absolute Gasteiger partial charge is 0.460 e. The maximum atomic E-state index is 12.8. The number of likely N-dealkylation sites (N-methyl/N-ethyl adjacent to an activating group) is 1. The van der Waals surface area contributed by atoms with Gasteiger partial charge < -0.3 is 4.42 Å². The van der Waals surface area contributed by atoms with Crippen molar-refractivity contribution in [2.45, 2.75) is 38.1 Å². The molecule has 0 spiro atoms. The Kier molecular flexibility index (Phi) is 3.97. The molecule has 0 aliphatic heterocycles. The Morgan fingerprint density at radius 3 is 2.78 bits per heavy atom. The molecule has 0 radical (unpaired) electrons. The summed E-state index contributed by atoms with van der Waals surface area (Å²) in [6.07, 6.45) is 5.70. The van der Waals surface area contributed by atoms with Gasteiger partial charge in [0, 0.05) is 0 Å². The lowest BCUT2D eigenvalue weighted by Gasteiger charge is -2.43. The molecule has 0 amide bonds. The molecule has 1 aliphatic carbocycles. The number of ketones is 1. The molecule has 1 heterocycles. The second-order valence-electron chi connectivity index (χ2n) is 5.55. The van der Waals surface area contributed by atoms with Gasteiger partial charge in [0.2, 0.25) is 5.78 Å². The zero-order chi connectivity index (χ0) is 13.3. The summed E-state index contributed by atoms with van der Waals surface area (Å²) in [4.78, 5) is 14.9. The topological polar surface area (TPSA) is 33.5 Å². The molecule has 3 nitrogen and oxygen atoms in total. The van der Waals surface area contributed by atoms with Crippen LogP contribution in [-0.4, -0.2) is 30.3 Å². The summed E-state index contributed by atoms with van der Waals surface area (Å²) < 4.78 is 6.12. The third-order valence-corrected chi connectivity index (χ3v) is 4.70. The first kappa shape index (κ1) is 13.8. The molecular weight excluding hydrogens is 294 g/mol. The van der Waals surface area contributed by atoms with Gasteiger partial charge in [0.1, 0.15) is 0 Å². The van der Waals surface area contributed by atoms with Crippen molar-refractivity contribution < 1.29 is 9.21 Å². The van der Waals surface area contributed by atoms with E-state index in [-0.39, 0.29) is 5.78 Å². The average molecular weight is 314 g/mol. The lowest BCUT2D eigenvalue weighted by molar-refractivity contribution is 0.0457. The molecule has 0 bridgehead atoms. The number of rotatable bonds is 3. The summed E-state index contributed by atoms with van der Waals surface area (Å²) in [5.41, 5.74) is -0.405. The van der Waals surface area contributed by atoms with Gasteiger partial charge in [-0.25, -0.2) is 0 Å². The molecule has 0 saturated heterocycles. The van der Waals surface area contributed by atoms with E-state index in [4.69, 9.17) is 4.42 Å². The van der Waals surface area contributed by atoms with Gasteiger partial charge in [-0.15, -0.1) is 0 Å². The summed E-state index contributed by atoms with van der Waals surface area (Å²) in [6, 6.07) is 1.78. The van der Waals surface area contributed by atoms with Crippen LogP contribution in [0.4, 0.5) is 0 Å². The number of carbonyl (C=O) groups excluding carboxylic acids is 1. The maximum Gasteiger partial charge on any atom is 0.219 e. The number of furan rings is 1. The number of nitrogens with zero attached hydrogens (tertiary/aromatic N) is 1. The summed E-state index contributed by atoms with van der Waals surface area (Å²) in [5.74, 6) is 1.15. The van der Waals surface area contributed by atoms with E-state index in [2.05, 4.69) is 27.8 Å². The van der Waals surface area contributed by atoms with E-state index < -0.39 is 5.54 Å². The minimum Gasteiger partial charge on any atom is -0.460 e. The van der Waals surface area contributed by atoms with Crippen LogP contribution in [0, 0.1) is 5.92 Å². The van der Waals surface area contributed by atoms with E-state index in [0.29, 0.717) is 11.7 Å². The van der Waals surface area contributed by atoms with E-state index in [1.54, 1.807) is 12.3 Å². The maximum absolute atomic E-state index is 12.8. The molecule has 4 heteroatoms. The molecule has 2 unspecified atom stereocenters. The SMILES string of the molecule is CC1CCCC(C(=O)c2occc2Br)(N(C)C)C1. The highest BCUT2D eigenvalue weighted by Gasteiger charge is 2.45. The smallest absolute Gasteiger partial charge is 0.219 e. The van der Waals surface area contributed by atoms with Gasteiger partial charge in [0.25, 0.3) is 0 Å². The Bertz CT molecular complexity index is 441. The van der Waals surface area contributed by atoms with Gasteiger partial charge in [-0.1, -0.05) is 19.8 Å². The monoisotopic (exact) mass is 313 g/mol. The predicted octanol–water partition coefficient (Wildman–Crippen LogP) is 3.74. The lowest BCUT2D eigenvalue weighted by atomic mass is 9.72. The molecule has 2 atom stereocenters. The first-order valence-corrected chi connectivity index (χ1v) is 7.22. The molecule has 0 N–H and O–H groups in total. The minimum atomic E-state index is -0.405. The molecule has 1 aliphatic rings. The minimum absolute atomic E-state index is 0.107. The van der Waals surface area contributed by atoms with E-state index in [1.807, 2.05) is 14.1 Å². The molecule has 1 aromatic heterocycles. The van der Waals surface area contributed by atoms with Crippen LogP contribution in [0.2, 0.25) is 0 Å². The van der Waals surface area contributed by atoms with Crippen molar-refractivity contribution in [3.63, 3.8) is 0 Å². The van der Waals surface area contributed by atoms with Crippen molar-refractivity contribution in [3.05, 3.63) is 22.6 Å². The fraction of sp³-hybridized carbons (Fsp3) is 0.643. The number of hydrogen-bond donors (Lipinski definition) is 0. The van der Waals surface area contributed by atoms with Crippen LogP contribution in [0.1, 0.15) is 43.2 Å². The third kappa shape index (κ3) is 2.28. The molecule has 1 fully saturated rings. The highest BCUT2D eigenvalue weighted by molar-refractivity contribution is 9.10. The fourth-order valence-corrected chi connectivity index (χ4v) is 3.39. The third-order valence-electron chi connectivity index (χ3n) is 4.08. The molecule has 1 aromatic rings. The molecule has 18 heavy (non-hydrogen) atoms. The summed E-state index contributed by atoms with van der Waals surface area (Å²) in [5, 5.41) is 0. The predicted molar refractivity (Wildman–Crippen MR) is 74.8 cm³/mol. The van der Waals surface area contributed by atoms with Crippen LogP contribution in [0.15, 0.2) is 21.2 Å². The molecular formula is C14H20BrNO2. The van der Waals surface area contributed by atoms with Gasteiger partial charge in [0.15, 0.2) is 5.76 Å². The summed E-state index contributed by atoms with van der Waals surface area (Å²) in [6.45, 7) is 2.22. The Morgan fingerprint density at radius 1 is 1.56 bits per heavy atom. The van der Waals surface area contributed by atoms with Crippen molar-refractivity contribution in [1.29, 1.82) is 0 Å². The van der Waals surface area contributed by atoms with Crippen molar-refractivity contribution >= 4 is 21.7 Å². The van der Waals surface area contributed by atoms with Gasteiger partial charge in [-0.3, -0.25) is 9.69 Å². The average Bonchev–Trinajstić information content (AvgIpc) is 2.74. The second-order valence-corrected chi connectivity index (χ2v) is 6.41. The summed E-state index contributed by atoms with van der Waals surface area (Å²) in [7, 11) is 3.99. The zero-order valence-electron chi connectivity index (χ0n) is 11.2. The van der Waals surface area contributed by atoms with E-state index in [9.17, 15) is 4.79 Å². The first-order chi connectivity index (χ1) is 8.47. The highest BCUT2D eigenvalue weighted by Crippen LogP contribution is 2.39. The second kappa shape index (κ2) is 5.17. The molecule has 2 rings (SSSR count). The fourth-order valence-electron chi connectivity index (χ4n) is 3.01. The van der Waals surface area contributed by atoms with Gasteiger partial charge in [-0.05, 0) is 54.9 Å². The van der Waals surface area contributed by atoms with Gasteiger partial charge in [0.05, 0.1) is 16.3 Å². The van der Waals surface area contributed by atoms with Gasteiger partial charge in [-0.2, -0.15) is 0 Å². The number of halogens is 1. The Morgan fingerprint density at radius 2 is 2.28 bits per heavy atom. The van der Waals surface area contributed by atoms with Crippen LogP contribution < -0.4 is 0 Å². The molecule has 1 saturated carbocycles. The van der Waals surface area contributed by atoms with Crippen LogP contribution in [0.25, 0.3) is 0 Å². The normalized spacial score (nSPS) is 28.6. The Labute approximate surface area is 117 Å². The van der Waals surface area contributed by atoms with Crippen LogP contribution >= 0.6 is 15.9 Å². The summed E-state index contributed by atoms with van der Waals surface area (Å²) >= 11 is 3.39. The number of carbonyl (C=O) groups is 1. The van der Waals surface area contributed by atoms with E-state index >= 15 is 0 Å². The van der Waals surface area contributed by atoms with Crippen LogP contribution in [0.3, 0.4) is 0 Å². The van der Waals surface area contributed by atoms with Gasteiger partial charge >= 0.3 is 0 Å². The number of hydrogen-bond acceptors (Lipinski definition) is 3. The Hall–Kier alpha value is -0.610. The molecule has 100 valence electrons. The van der Waals surface area contributed by atoms with Crippen LogP contribution in [0.5, 0.6) is 0 Å². The van der Waals surface area contributed by atoms with E-state index in [0.717, 1.165) is 23.7 Å². The zero-order valence-corrected chi connectivity index (χ0v) is 12.8. The lowest BCUT2D eigenvalue weighted by Crippen LogP contribution is -2.53.